The lowest BCUT2D eigenvalue weighted by Crippen LogP contribution is -2.28. The lowest BCUT2D eigenvalue weighted by atomic mass is 10.0. The molecule has 0 aromatic heterocycles. The van der Waals surface area contributed by atoms with E-state index in [-0.39, 0.29) is 18.2 Å². The fourth-order valence-electron chi connectivity index (χ4n) is 2.37. The molecule has 0 bridgehead atoms. The molecule has 0 spiro atoms. The Morgan fingerprint density at radius 1 is 1.45 bits per heavy atom. The van der Waals surface area contributed by atoms with Gasteiger partial charge in [0.25, 0.3) is 0 Å². The minimum atomic E-state index is -4.38. The van der Waals surface area contributed by atoms with Gasteiger partial charge in [-0.15, -0.1) is 12.3 Å². The van der Waals surface area contributed by atoms with Gasteiger partial charge in [0.1, 0.15) is 0 Å². The molecule has 5 heteroatoms. The highest BCUT2D eigenvalue weighted by Crippen LogP contribution is 2.33. The van der Waals surface area contributed by atoms with E-state index < -0.39 is 17.8 Å². The first-order valence-corrected chi connectivity index (χ1v) is 6.25. The number of hydrogen-bond acceptors (Lipinski definition) is 1. The first-order valence-electron chi connectivity index (χ1n) is 6.25. The van der Waals surface area contributed by atoms with Crippen LogP contribution in [0, 0.1) is 18.3 Å². The van der Waals surface area contributed by atoms with E-state index in [1.54, 1.807) is 17.9 Å². The second kappa shape index (κ2) is 5.20. The van der Waals surface area contributed by atoms with Crippen molar-refractivity contribution in [3.05, 3.63) is 35.4 Å². The number of halogens is 3. The third-order valence-electron chi connectivity index (χ3n) is 3.56. The highest BCUT2D eigenvalue weighted by molar-refractivity contribution is 5.79. The van der Waals surface area contributed by atoms with Crippen LogP contribution in [-0.2, 0) is 11.0 Å². The van der Waals surface area contributed by atoms with Crippen LogP contribution in [0.25, 0.3) is 0 Å². The van der Waals surface area contributed by atoms with Crippen molar-refractivity contribution in [3.63, 3.8) is 0 Å². The quantitative estimate of drug-likeness (QED) is 0.762. The first kappa shape index (κ1) is 14.4. The molecule has 2 rings (SSSR count). The number of benzene rings is 1. The number of alkyl halides is 3. The summed E-state index contributed by atoms with van der Waals surface area (Å²) in [5.41, 5.74) is -0.243. The van der Waals surface area contributed by atoms with Crippen LogP contribution in [0.1, 0.15) is 30.5 Å². The summed E-state index contributed by atoms with van der Waals surface area (Å²) in [7, 11) is 0. The molecule has 1 aliphatic heterocycles. The van der Waals surface area contributed by atoms with E-state index in [1.807, 2.05) is 0 Å². The van der Waals surface area contributed by atoms with Crippen molar-refractivity contribution >= 4 is 5.91 Å². The molecule has 0 radical (unpaired) electrons. The van der Waals surface area contributed by atoms with Crippen LogP contribution in [-0.4, -0.2) is 17.4 Å². The van der Waals surface area contributed by atoms with E-state index in [1.165, 1.54) is 6.07 Å². The number of amides is 1. The zero-order valence-corrected chi connectivity index (χ0v) is 10.9. The highest BCUT2D eigenvalue weighted by atomic mass is 19.4. The maximum absolute atomic E-state index is 12.7. The summed E-state index contributed by atoms with van der Waals surface area (Å²) in [6, 6.07) is 4.64. The number of rotatable bonds is 2. The van der Waals surface area contributed by atoms with Gasteiger partial charge in [0.05, 0.1) is 11.6 Å². The second-order valence-electron chi connectivity index (χ2n) is 4.91. The summed E-state index contributed by atoms with van der Waals surface area (Å²) in [6.07, 6.45) is 1.18. The summed E-state index contributed by atoms with van der Waals surface area (Å²) in [5, 5.41) is 0. The van der Waals surface area contributed by atoms with Crippen molar-refractivity contribution < 1.29 is 18.0 Å². The van der Waals surface area contributed by atoms with Gasteiger partial charge in [-0.3, -0.25) is 4.79 Å². The van der Waals surface area contributed by atoms with Crippen molar-refractivity contribution in [2.24, 2.45) is 5.92 Å². The Hall–Kier alpha value is -1.96. The number of carbonyl (C=O) groups is 1. The zero-order valence-electron chi connectivity index (χ0n) is 10.9. The van der Waals surface area contributed by atoms with Crippen LogP contribution in [0.5, 0.6) is 0 Å². The Balaban J connectivity index is 2.24. The van der Waals surface area contributed by atoms with Crippen LogP contribution >= 0.6 is 0 Å². The summed E-state index contributed by atoms with van der Waals surface area (Å²) in [5.74, 6) is 2.25. The van der Waals surface area contributed by atoms with Crippen LogP contribution < -0.4 is 0 Å². The predicted molar refractivity (Wildman–Crippen MR) is 68.5 cm³/mol. The number of likely N-dealkylation sites (tertiary alicyclic amines) is 1. The molecule has 2 unspecified atom stereocenters. The minimum Gasteiger partial charge on any atom is -0.335 e. The maximum atomic E-state index is 12.7. The monoisotopic (exact) mass is 281 g/mol. The SMILES string of the molecule is C#CC1CC(=O)N(C(C)c2cccc(C(F)(F)F)c2)C1. The van der Waals surface area contributed by atoms with Gasteiger partial charge in [0.2, 0.25) is 5.91 Å². The van der Waals surface area contributed by atoms with Crippen LogP contribution in [0.4, 0.5) is 13.2 Å². The Labute approximate surface area is 115 Å². The predicted octanol–water partition coefficient (Wildman–Crippen LogP) is 3.25. The molecule has 1 heterocycles. The van der Waals surface area contributed by atoms with Crippen molar-refractivity contribution in [2.75, 3.05) is 6.54 Å². The molecule has 0 aliphatic carbocycles. The lowest BCUT2D eigenvalue weighted by molar-refractivity contribution is -0.137. The minimum absolute atomic E-state index is 0.113. The average Bonchev–Trinajstić information content (AvgIpc) is 2.78. The van der Waals surface area contributed by atoms with E-state index in [4.69, 9.17) is 6.42 Å². The van der Waals surface area contributed by atoms with Crippen molar-refractivity contribution in [1.29, 1.82) is 0 Å². The molecule has 1 amide bonds. The number of carbonyl (C=O) groups excluding carboxylic acids is 1. The molecule has 1 saturated heterocycles. The zero-order chi connectivity index (χ0) is 14.9. The normalized spacial score (nSPS) is 20.9. The topological polar surface area (TPSA) is 20.3 Å². The molecule has 20 heavy (non-hydrogen) atoms. The lowest BCUT2D eigenvalue weighted by Gasteiger charge is -2.25. The van der Waals surface area contributed by atoms with Gasteiger partial charge in [0, 0.05) is 18.9 Å². The number of hydrogen-bond donors (Lipinski definition) is 0. The molecule has 1 aliphatic rings. The largest absolute Gasteiger partial charge is 0.416 e. The van der Waals surface area contributed by atoms with Crippen LogP contribution in [0.2, 0.25) is 0 Å². The summed E-state index contributed by atoms with van der Waals surface area (Å²) >= 11 is 0. The molecule has 106 valence electrons. The average molecular weight is 281 g/mol. The molecule has 2 nitrogen and oxygen atoms in total. The smallest absolute Gasteiger partial charge is 0.335 e. The molecule has 1 aromatic carbocycles. The first-order chi connectivity index (χ1) is 9.32. The van der Waals surface area contributed by atoms with E-state index in [2.05, 4.69) is 5.92 Å². The standard InChI is InChI=1S/C15H14F3NO/c1-3-11-7-14(20)19(9-11)10(2)12-5-4-6-13(8-12)15(16,17)18/h1,4-6,8,10-11H,7,9H2,2H3. The Kier molecular flexibility index (Phi) is 3.76. The Morgan fingerprint density at radius 3 is 2.70 bits per heavy atom. The van der Waals surface area contributed by atoms with Gasteiger partial charge >= 0.3 is 6.18 Å². The van der Waals surface area contributed by atoms with Gasteiger partial charge in [-0.05, 0) is 24.6 Å². The van der Waals surface area contributed by atoms with E-state index in [0.29, 0.717) is 12.1 Å². The third kappa shape index (κ3) is 2.79. The van der Waals surface area contributed by atoms with Gasteiger partial charge in [-0.1, -0.05) is 12.1 Å². The summed E-state index contributed by atoms with van der Waals surface area (Å²) < 4.78 is 38.1. The van der Waals surface area contributed by atoms with Gasteiger partial charge in [-0.2, -0.15) is 13.2 Å². The molecular weight excluding hydrogens is 267 g/mol. The van der Waals surface area contributed by atoms with Gasteiger partial charge in [0.15, 0.2) is 0 Å². The molecule has 2 atom stereocenters. The molecule has 0 N–H and O–H groups in total. The van der Waals surface area contributed by atoms with Crippen molar-refractivity contribution in [1.82, 2.24) is 4.90 Å². The third-order valence-corrected chi connectivity index (χ3v) is 3.56. The molecular formula is C15H14F3NO. The molecule has 1 fully saturated rings. The Morgan fingerprint density at radius 2 is 2.15 bits per heavy atom. The number of nitrogens with zero attached hydrogens (tertiary/aromatic N) is 1. The van der Waals surface area contributed by atoms with Gasteiger partial charge in [-0.25, -0.2) is 0 Å². The van der Waals surface area contributed by atoms with E-state index >= 15 is 0 Å². The van der Waals surface area contributed by atoms with Crippen LogP contribution in [0.15, 0.2) is 24.3 Å². The fraction of sp³-hybridized carbons (Fsp3) is 0.400. The van der Waals surface area contributed by atoms with Crippen molar-refractivity contribution in [2.45, 2.75) is 25.6 Å². The fourth-order valence-corrected chi connectivity index (χ4v) is 2.37. The van der Waals surface area contributed by atoms with Crippen molar-refractivity contribution in [3.8, 4) is 12.3 Å². The summed E-state index contributed by atoms with van der Waals surface area (Å²) in [6.45, 7) is 2.11. The molecule has 1 aromatic rings. The maximum Gasteiger partial charge on any atom is 0.416 e. The van der Waals surface area contributed by atoms with Gasteiger partial charge < -0.3 is 4.90 Å². The number of terminal acetylenes is 1. The molecule has 0 saturated carbocycles. The van der Waals surface area contributed by atoms with E-state index in [9.17, 15) is 18.0 Å². The van der Waals surface area contributed by atoms with Crippen LogP contribution in [0.3, 0.4) is 0 Å². The second-order valence-corrected chi connectivity index (χ2v) is 4.91. The van der Waals surface area contributed by atoms with E-state index in [0.717, 1.165) is 12.1 Å². The highest BCUT2D eigenvalue weighted by Gasteiger charge is 2.34. The summed E-state index contributed by atoms with van der Waals surface area (Å²) in [4.78, 5) is 13.4. The Bertz CT molecular complexity index is 559.